The van der Waals surface area contributed by atoms with Crippen LogP contribution >= 0.6 is 22.9 Å². The lowest BCUT2D eigenvalue weighted by Gasteiger charge is -2.30. The van der Waals surface area contributed by atoms with Gasteiger partial charge < -0.3 is 19.9 Å². The first kappa shape index (κ1) is 24.0. The topological polar surface area (TPSA) is 109 Å². The Kier molecular flexibility index (Phi) is 6.51. The molecule has 0 aliphatic rings. The number of fused-ring (bicyclic) bond motifs is 2. The summed E-state index contributed by atoms with van der Waals surface area (Å²) in [6.45, 7) is 8.00. The molecule has 0 saturated heterocycles. The highest BCUT2D eigenvalue weighted by molar-refractivity contribution is 7.21. The summed E-state index contributed by atoms with van der Waals surface area (Å²) in [4.78, 5) is 25.0. The second kappa shape index (κ2) is 9.23. The third-order valence-electron chi connectivity index (χ3n) is 5.25. The summed E-state index contributed by atoms with van der Waals surface area (Å²) in [6, 6.07) is 7.60. The van der Waals surface area contributed by atoms with Gasteiger partial charge in [0, 0.05) is 17.0 Å². The number of thiazole rings is 1. The Morgan fingerprint density at radius 2 is 1.94 bits per heavy atom. The summed E-state index contributed by atoms with van der Waals surface area (Å²) in [5.74, 6) is 1.01. The average Bonchev–Trinajstić information content (AvgIpc) is 3.19. The van der Waals surface area contributed by atoms with Crippen LogP contribution < -0.4 is 15.2 Å². The molecular weight excluding hydrogens is 476 g/mol. The second-order valence-electron chi connectivity index (χ2n) is 8.97. The quantitative estimate of drug-likeness (QED) is 0.358. The second-order valence-corrected chi connectivity index (χ2v) is 10.4. The number of halogens is 1. The van der Waals surface area contributed by atoms with Crippen LogP contribution in [0.2, 0.25) is 5.02 Å². The molecule has 2 aromatic carbocycles. The molecule has 0 saturated carbocycles. The Bertz CT molecular complexity index is 1380. The molecule has 4 aromatic rings. The molecule has 1 amide bonds. The van der Waals surface area contributed by atoms with Gasteiger partial charge in [0.15, 0.2) is 0 Å². The van der Waals surface area contributed by atoms with Crippen LogP contribution in [0.15, 0.2) is 30.5 Å². The van der Waals surface area contributed by atoms with E-state index in [0.29, 0.717) is 22.2 Å². The van der Waals surface area contributed by atoms with Crippen LogP contribution in [0.4, 0.5) is 4.79 Å². The number of amides is 1. The summed E-state index contributed by atoms with van der Waals surface area (Å²) >= 11 is 8.08. The van der Waals surface area contributed by atoms with E-state index in [1.807, 2.05) is 45.9 Å². The van der Waals surface area contributed by atoms with E-state index < -0.39 is 12.2 Å². The van der Waals surface area contributed by atoms with Crippen molar-refractivity contribution >= 4 is 50.3 Å². The summed E-state index contributed by atoms with van der Waals surface area (Å²) in [5, 5.41) is 1.23. The lowest BCUT2D eigenvalue weighted by Crippen LogP contribution is -2.37. The lowest BCUT2D eigenvalue weighted by atomic mass is 9.89. The largest absolute Gasteiger partial charge is 0.486 e. The molecule has 34 heavy (non-hydrogen) atoms. The van der Waals surface area contributed by atoms with E-state index in [1.54, 1.807) is 19.4 Å². The molecule has 2 aromatic heterocycles. The number of hydrogen-bond donors (Lipinski definition) is 1. The molecule has 4 rings (SSSR count). The summed E-state index contributed by atoms with van der Waals surface area (Å²) in [5.41, 5.74) is 8.86. The first-order chi connectivity index (χ1) is 16.0. The first-order valence-corrected chi connectivity index (χ1v) is 11.8. The molecule has 2 heterocycles. The molecule has 0 fully saturated rings. The number of carbonyl (C=O) groups is 1. The van der Waals surface area contributed by atoms with Gasteiger partial charge in [0.05, 0.1) is 34.1 Å². The fourth-order valence-electron chi connectivity index (χ4n) is 3.44. The Labute approximate surface area is 206 Å². The molecular formula is C24H25ClN4O4S. The number of carbonyl (C=O) groups excluding carboxylic acids is 1. The van der Waals surface area contributed by atoms with Gasteiger partial charge in [-0.2, -0.15) is 0 Å². The average molecular weight is 501 g/mol. The van der Waals surface area contributed by atoms with Crippen LogP contribution in [0.25, 0.3) is 31.8 Å². The minimum Gasteiger partial charge on any atom is -0.486 e. The highest BCUT2D eigenvalue weighted by Crippen LogP contribution is 2.39. The zero-order valence-corrected chi connectivity index (χ0v) is 21.1. The number of methoxy groups -OCH3 is 1. The number of aromatic nitrogens is 3. The SMILES string of the molecule is COc1cnc2c(-c3nc4c(Cl)cc(OC(COC(N)=O)C(C)(C)C)cc4s3)cc(C)cc2n1. The fraction of sp³-hybridized carbons (Fsp3) is 0.333. The van der Waals surface area contributed by atoms with Crippen LogP contribution in [0, 0.1) is 12.3 Å². The van der Waals surface area contributed by atoms with Crippen molar-refractivity contribution in [1.82, 2.24) is 15.0 Å². The van der Waals surface area contributed by atoms with Crippen molar-refractivity contribution < 1.29 is 19.0 Å². The van der Waals surface area contributed by atoms with Gasteiger partial charge in [-0.15, -0.1) is 11.3 Å². The van der Waals surface area contributed by atoms with Crippen LogP contribution in [0.3, 0.4) is 0 Å². The number of primary amides is 1. The number of nitrogens with zero attached hydrogens (tertiary/aromatic N) is 3. The fourth-order valence-corrected chi connectivity index (χ4v) is 4.79. The van der Waals surface area contributed by atoms with E-state index >= 15 is 0 Å². The molecule has 8 nitrogen and oxygen atoms in total. The van der Waals surface area contributed by atoms with Gasteiger partial charge >= 0.3 is 6.09 Å². The molecule has 2 N–H and O–H groups in total. The number of ether oxygens (including phenoxy) is 3. The number of rotatable bonds is 6. The van der Waals surface area contributed by atoms with Crippen molar-refractivity contribution in [3.05, 3.63) is 41.0 Å². The van der Waals surface area contributed by atoms with Crippen molar-refractivity contribution in [2.45, 2.75) is 33.8 Å². The molecule has 0 spiro atoms. The maximum Gasteiger partial charge on any atom is 0.404 e. The molecule has 1 unspecified atom stereocenters. The van der Waals surface area contributed by atoms with Gasteiger partial charge in [-0.3, -0.25) is 0 Å². The van der Waals surface area contributed by atoms with Gasteiger partial charge in [-0.25, -0.2) is 19.7 Å². The maximum absolute atomic E-state index is 11.1. The molecule has 0 aliphatic heterocycles. The minimum atomic E-state index is -0.843. The minimum absolute atomic E-state index is 0.0276. The van der Waals surface area contributed by atoms with E-state index in [9.17, 15) is 4.79 Å². The molecule has 10 heteroatoms. The normalized spacial score (nSPS) is 12.6. The van der Waals surface area contributed by atoms with Crippen LogP contribution in [-0.4, -0.2) is 40.9 Å². The van der Waals surface area contributed by atoms with Gasteiger partial charge in [0.25, 0.3) is 0 Å². The van der Waals surface area contributed by atoms with Crippen LogP contribution in [-0.2, 0) is 4.74 Å². The number of aryl methyl sites for hydroxylation is 1. The molecule has 0 aliphatic carbocycles. The van der Waals surface area contributed by atoms with Crippen molar-refractivity contribution in [1.29, 1.82) is 0 Å². The third kappa shape index (κ3) is 5.00. The lowest BCUT2D eigenvalue weighted by molar-refractivity contribution is 0.0241. The Morgan fingerprint density at radius 1 is 1.18 bits per heavy atom. The summed E-state index contributed by atoms with van der Waals surface area (Å²) in [6.07, 6.45) is 0.324. The standard InChI is InChI=1S/C24H25ClN4O4S/c1-12-6-14(20-16(7-12)28-19(31-5)10-27-20)22-29-21-15(25)8-13(9-17(21)34-22)33-18(24(2,3)4)11-32-23(26)30/h6-10,18H,11H2,1-5H3,(H2,26,30). The highest BCUT2D eigenvalue weighted by Gasteiger charge is 2.28. The number of hydrogen-bond acceptors (Lipinski definition) is 8. The van der Waals surface area contributed by atoms with Crippen LogP contribution in [0.1, 0.15) is 26.3 Å². The van der Waals surface area contributed by atoms with Crippen molar-refractivity contribution in [3.8, 4) is 22.2 Å². The zero-order valence-electron chi connectivity index (χ0n) is 19.5. The van der Waals surface area contributed by atoms with E-state index in [0.717, 1.165) is 31.9 Å². The predicted octanol–water partition coefficient (Wildman–Crippen LogP) is 5.77. The summed E-state index contributed by atoms with van der Waals surface area (Å²) in [7, 11) is 1.56. The van der Waals surface area contributed by atoms with E-state index in [2.05, 4.69) is 9.97 Å². The number of benzene rings is 2. The maximum atomic E-state index is 11.1. The monoisotopic (exact) mass is 500 g/mol. The van der Waals surface area contributed by atoms with Gasteiger partial charge in [-0.1, -0.05) is 32.4 Å². The Morgan fingerprint density at radius 3 is 2.62 bits per heavy atom. The zero-order chi connectivity index (χ0) is 24.6. The predicted molar refractivity (Wildman–Crippen MR) is 134 cm³/mol. The van der Waals surface area contributed by atoms with Gasteiger partial charge in [0.1, 0.15) is 29.0 Å². The molecule has 0 radical (unpaired) electrons. The molecule has 1 atom stereocenters. The Balaban J connectivity index is 1.75. The molecule has 178 valence electrons. The van der Waals surface area contributed by atoms with E-state index in [1.165, 1.54) is 11.3 Å². The van der Waals surface area contributed by atoms with E-state index in [4.69, 9.17) is 36.5 Å². The highest BCUT2D eigenvalue weighted by atomic mass is 35.5. The van der Waals surface area contributed by atoms with Crippen molar-refractivity contribution in [2.75, 3.05) is 13.7 Å². The molecule has 0 bridgehead atoms. The first-order valence-electron chi connectivity index (χ1n) is 10.6. The summed E-state index contributed by atoms with van der Waals surface area (Å²) < 4.78 is 17.3. The van der Waals surface area contributed by atoms with Gasteiger partial charge in [-0.05, 0) is 30.7 Å². The third-order valence-corrected chi connectivity index (χ3v) is 6.58. The van der Waals surface area contributed by atoms with Crippen molar-refractivity contribution in [2.24, 2.45) is 11.1 Å². The van der Waals surface area contributed by atoms with Gasteiger partial charge in [0.2, 0.25) is 5.88 Å². The van der Waals surface area contributed by atoms with Crippen molar-refractivity contribution in [3.63, 3.8) is 0 Å². The van der Waals surface area contributed by atoms with E-state index in [-0.39, 0.29) is 12.0 Å². The Hall–Kier alpha value is -3.17. The smallest absolute Gasteiger partial charge is 0.404 e. The number of nitrogens with two attached hydrogens (primary N) is 1. The van der Waals surface area contributed by atoms with Crippen LogP contribution in [0.5, 0.6) is 11.6 Å².